The molecule has 5 heterocycles. The van der Waals surface area contributed by atoms with Gasteiger partial charge in [-0.3, -0.25) is 0 Å². The minimum absolute atomic E-state index is 0.795. The third-order valence-electron chi connectivity index (χ3n) is 11.3. The van der Waals surface area contributed by atoms with Crippen LogP contribution in [0.3, 0.4) is 0 Å². The summed E-state index contributed by atoms with van der Waals surface area (Å²) in [6.07, 6.45) is 8.34. The first-order chi connectivity index (χ1) is 25.2. The molecule has 0 radical (unpaired) electrons. The van der Waals surface area contributed by atoms with Crippen LogP contribution in [0.25, 0.3) is 55.3 Å². The normalized spacial score (nSPS) is 16.7. The van der Waals surface area contributed by atoms with Crippen molar-refractivity contribution in [3.05, 3.63) is 161 Å². The highest BCUT2D eigenvalue weighted by Gasteiger charge is 2.56. The fraction of sp³-hybridized carbons (Fsp3) is 0.130. The molecule has 0 fully saturated rings. The molecule has 1 atom stereocenters. The molecule has 10 rings (SSSR count). The minimum atomic E-state index is -2.20. The smallest absolute Gasteiger partial charge is 0.595 e. The van der Waals surface area contributed by atoms with Crippen LogP contribution in [0.4, 0.5) is 5.82 Å². The first kappa shape index (κ1) is 30.7. The van der Waals surface area contributed by atoms with Gasteiger partial charge in [0.2, 0.25) is 5.84 Å². The topological polar surface area (TPSA) is 33.6 Å². The van der Waals surface area contributed by atoms with Crippen molar-refractivity contribution in [1.82, 2.24) is 9.29 Å². The number of hydrogen-bond acceptors (Lipinski definition) is 3. The van der Waals surface area contributed by atoms with E-state index in [0.29, 0.717) is 0 Å². The van der Waals surface area contributed by atoms with E-state index in [1.807, 2.05) is 18.2 Å². The van der Waals surface area contributed by atoms with E-state index < -0.39 is 6.75 Å². The molecule has 52 heavy (non-hydrogen) atoms. The second kappa shape index (κ2) is 10.9. The van der Waals surface area contributed by atoms with Crippen LogP contribution in [0.1, 0.15) is 33.4 Å². The molecule has 0 N–H and O–H groups in total. The average Bonchev–Trinajstić information content (AvgIpc) is 3.44. The molecule has 0 aliphatic carbocycles. The Morgan fingerprint density at radius 2 is 1.31 bits per heavy atom. The van der Waals surface area contributed by atoms with Crippen molar-refractivity contribution in [3.8, 4) is 39.3 Å². The number of aromatic nitrogens is 2. The Morgan fingerprint density at radius 1 is 0.635 bits per heavy atom. The second-order valence-electron chi connectivity index (χ2n) is 14.9. The molecule has 252 valence electrons. The highest BCUT2D eigenvalue weighted by molar-refractivity contribution is 6.68. The standard InChI is InChI=1S/C46H39BN4O/c1-28-21-30(3)44(31(4)22-28)34-18-19-41-37(25-34)38-26-35(45-32(5)23-29(2)24-33(45)6)27-39-40-15-12-17-43-48-42-16-10-11-20-49(42)47(50(40)43,51(41)46(38)39)52-36-13-8-7-9-14-36/h7-27H,1-6H3. The lowest BCUT2D eigenvalue weighted by atomic mass is 9.71. The van der Waals surface area contributed by atoms with Gasteiger partial charge in [0.25, 0.3) is 5.82 Å². The lowest BCUT2D eigenvalue weighted by Crippen LogP contribution is -2.84. The van der Waals surface area contributed by atoms with Crippen LogP contribution in [-0.4, -0.2) is 21.9 Å². The molecule has 0 amide bonds. The maximum absolute atomic E-state index is 7.51. The number of fused-ring (bicyclic) bond motifs is 7. The Hall–Kier alpha value is -6.14. The highest BCUT2D eigenvalue weighted by Crippen LogP contribution is 2.47. The maximum atomic E-state index is 7.51. The van der Waals surface area contributed by atoms with Crippen LogP contribution in [0.5, 0.6) is 5.75 Å². The summed E-state index contributed by atoms with van der Waals surface area (Å²) in [5.74, 6) is 2.50. The van der Waals surface area contributed by atoms with Crippen molar-refractivity contribution in [1.29, 1.82) is 0 Å². The number of benzene rings is 5. The Bertz CT molecular complexity index is 2740. The van der Waals surface area contributed by atoms with Gasteiger partial charge in [-0.15, -0.1) is 0 Å². The number of amidine groups is 1. The lowest BCUT2D eigenvalue weighted by molar-refractivity contribution is -0.545. The number of hydrogen-bond donors (Lipinski definition) is 0. The Morgan fingerprint density at radius 3 is 2.02 bits per heavy atom. The van der Waals surface area contributed by atoms with Crippen molar-refractivity contribution < 1.29 is 9.13 Å². The van der Waals surface area contributed by atoms with E-state index in [9.17, 15) is 0 Å². The molecular formula is C46H39BN4O. The van der Waals surface area contributed by atoms with Crippen molar-refractivity contribution in [2.24, 2.45) is 4.99 Å². The molecule has 0 spiro atoms. The number of nitrogens with zero attached hydrogens (tertiary/aromatic N) is 4. The molecule has 2 aromatic heterocycles. The molecule has 0 bridgehead atoms. The molecule has 3 aliphatic rings. The molecule has 5 nitrogen and oxygen atoms in total. The van der Waals surface area contributed by atoms with Crippen LogP contribution in [-0.2, 0) is 0 Å². The van der Waals surface area contributed by atoms with Gasteiger partial charge in [0.15, 0.2) is 0 Å². The zero-order valence-corrected chi connectivity index (χ0v) is 30.4. The monoisotopic (exact) mass is 674 g/mol. The van der Waals surface area contributed by atoms with Crippen LogP contribution >= 0.6 is 0 Å². The molecule has 0 saturated carbocycles. The third-order valence-corrected chi connectivity index (χ3v) is 11.3. The van der Waals surface area contributed by atoms with E-state index >= 15 is 0 Å². The van der Waals surface area contributed by atoms with Crippen molar-refractivity contribution in [2.45, 2.75) is 41.5 Å². The zero-order chi connectivity index (χ0) is 35.5. The first-order valence-electron chi connectivity index (χ1n) is 18.2. The number of allylic oxidation sites excluding steroid dienone is 2. The van der Waals surface area contributed by atoms with Gasteiger partial charge in [-0.25, -0.2) is 0 Å². The third kappa shape index (κ3) is 4.18. The molecule has 1 unspecified atom stereocenters. The Kier molecular flexibility index (Phi) is 6.45. The SMILES string of the molecule is Cc1cc(C)c(-c2ccc3c(c2)c2cc(-c4c(C)cc(C)cc4C)cc4c2n3[B-]2(Oc3ccccc3)N3C=CC=CC3=Nc3cccc-4[n+]32)c(C)c1. The number of para-hydroxylation sites is 1. The predicted molar refractivity (Wildman–Crippen MR) is 215 cm³/mol. The average molecular weight is 675 g/mol. The van der Waals surface area contributed by atoms with Gasteiger partial charge in [0.05, 0.1) is 11.4 Å². The fourth-order valence-corrected chi connectivity index (χ4v) is 9.62. The fourth-order valence-electron chi connectivity index (χ4n) is 9.62. The predicted octanol–water partition coefficient (Wildman–Crippen LogP) is 10.6. The van der Waals surface area contributed by atoms with Crippen molar-refractivity contribution >= 4 is 40.2 Å². The highest BCUT2D eigenvalue weighted by atomic mass is 16.5. The van der Waals surface area contributed by atoms with Gasteiger partial charge in [-0.05, 0) is 146 Å². The largest absolute Gasteiger partial charge is 0.641 e. The van der Waals surface area contributed by atoms with Gasteiger partial charge in [0, 0.05) is 39.5 Å². The summed E-state index contributed by atoms with van der Waals surface area (Å²) in [6.45, 7) is 11.1. The van der Waals surface area contributed by atoms with E-state index in [2.05, 4.69) is 165 Å². The van der Waals surface area contributed by atoms with Gasteiger partial charge >= 0.3 is 6.75 Å². The number of rotatable bonds is 4. The molecule has 5 aromatic carbocycles. The number of pyridine rings is 1. The zero-order valence-electron chi connectivity index (χ0n) is 30.4. The molecule has 6 heteroatoms. The van der Waals surface area contributed by atoms with Crippen molar-refractivity contribution in [2.75, 3.05) is 0 Å². The van der Waals surface area contributed by atoms with Gasteiger partial charge in [-0.2, -0.15) is 0 Å². The molecule has 3 aliphatic heterocycles. The molecule has 0 saturated heterocycles. The summed E-state index contributed by atoms with van der Waals surface area (Å²) in [4.78, 5) is 7.48. The van der Waals surface area contributed by atoms with Crippen LogP contribution < -0.4 is 9.13 Å². The number of aliphatic imine (C=N–C) groups is 1. The molecule has 7 aromatic rings. The van der Waals surface area contributed by atoms with Crippen LogP contribution in [0.2, 0.25) is 0 Å². The summed E-state index contributed by atoms with van der Waals surface area (Å²) in [5, 5.41) is 2.41. The summed E-state index contributed by atoms with van der Waals surface area (Å²) in [5.41, 5.74) is 17.2. The van der Waals surface area contributed by atoms with Gasteiger partial charge < -0.3 is 18.4 Å². The van der Waals surface area contributed by atoms with Crippen molar-refractivity contribution in [3.63, 3.8) is 0 Å². The van der Waals surface area contributed by atoms with Crippen LogP contribution in [0.15, 0.2) is 133 Å². The Labute approximate surface area is 304 Å². The lowest BCUT2D eigenvalue weighted by Gasteiger charge is -2.51. The first-order valence-corrected chi connectivity index (χ1v) is 18.2. The van der Waals surface area contributed by atoms with Gasteiger partial charge in [0.1, 0.15) is 0 Å². The quantitative estimate of drug-likeness (QED) is 0.174. The summed E-state index contributed by atoms with van der Waals surface area (Å²) in [6, 6.07) is 37.7. The maximum Gasteiger partial charge on any atom is 0.595 e. The minimum Gasteiger partial charge on any atom is -0.641 e. The molecular weight excluding hydrogens is 635 g/mol. The van der Waals surface area contributed by atoms with E-state index in [4.69, 9.17) is 9.65 Å². The van der Waals surface area contributed by atoms with E-state index in [1.165, 1.54) is 72.0 Å². The Balaban J connectivity index is 1.39. The number of aryl methyl sites for hydroxylation is 6. The summed E-state index contributed by atoms with van der Waals surface area (Å²) in [7, 11) is 0. The van der Waals surface area contributed by atoms with E-state index in [0.717, 1.165) is 34.1 Å². The summed E-state index contributed by atoms with van der Waals surface area (Å²) < 4.78 is 12.3. The second-order valence-corrected chi connectivity index (χ2v) is 14.9. The van der Waals surface area contributed by atoms with Gasteiger partial charge in [-0.1, -0.05) is 71.8 Å². The summed E-state index contributed by atoms with van der Waals surface area (Å²) >= 11 is 0. The van der Waals surface area contributed by atoms with E-state index in [1.54, 1.807) is 0 Å². The van der Waals surface area contributed by atoms with E-state index in [-0.39, 0.29) is 0 Å². The van der Waals surface area contributed by atoms with Crippen LogP contribution in [0, 0.1) is 41.5 Å².